The topological polar surface area (TPSA) is 70.6 Å². The summed E-state index contributed by atoms with van der Waals surface area (Å²) in [7, 11) is 0. The summed E-state index contributed by atoms with van der Waals surface area (Å²) >= 11 is 0. The van der Waals surface area contributed by atoms with E-state index in [1.165, 1.54) is 12.1 Å². The highest BCUT2D eigenvalue weighted by Crippen LogP contribution is 2.30. The lowest BCUT2D eigenvalue weighted by Crippen LogP contribution is -2.23. The molecule has 0 saturated carbocycles. The van der Waals surface area contributed by atoms with Crippen molar-refractivity contribution in [2.75, 3.05) is 5.32 Å². The molecular weight excluding hydrogens is 431 g/mol. The van der Waals surface area contributed by atoms with Gasteiger partial charge in [0.05, 0.1) is 18.4 Å². The number of benzene rings is 3. The third-order valence-corrected chi connectivity index (χ3v) is 4.69. The summed E-state index contributed by atoms with van der Waals surface area (Å²) in [5.74, 6) is -0.888. The number of nitrogens with one attached hydrogen (secondary N) is 2. The maximum absolute atomic E-state index is 12.8. The van der Waals surface area contributed by atoms with Crippen molar-refractivity contribution in [2.24, 2.45) is 5.10 Å². The van der Waals surface area contributed by atoms with Crippen LogP contribution in [0.25, 0.3) is 11.1 Å². The molecule has 0 unspecified atom stereocenters. The van der Waals surface area contributed by atoms with Crippen LogP contribution in [0.4, 0.5) is 18.9 Å². The Morgan fingerprint density at radius 2 is 1.52 bits per heavy atom. The standard InChI is InChI=1S/C25H22F3N3O2/c1-17(14-23(32)29-22-9-5-8-21(16-22)25(26,27)28)30-31-24(33)15-18-10-12-20(13-11-18)19-6-3-2-4-7-19/h2-13,16H,14-15H2,1H3,(H,29,32)(H,31,33)/b30-17-. The normalized spacial score (nSPS) is 11.7. The first-order valence-electron chi connectivity index (χ1n) is 10.1. The molecule has 3 aromatic carbocycles. The minimum Gasteiger partial charge on any atom is -0.326 e. The smallest absolute Gasteiger partial charge is 0.326 e. The van der Waals surface area contributed by atoms with E-state index in [0.717, 1.165) is 28.8 Å². The summed E-state index contributed by atoms with van der Waals surface area (Å²) in [6.45, 7) is 1.54. The van der Waals surface area contributed by atoms with Crippen LogP contribution in [0.15, 0.2) is 84.0 Å². The third-order valence-electron chi connectivity index (χ3n) is 4.69. The van der Waals surface area contributed by atoms with E-state index in [1.54, 1.807) is 6.92 Å². The Balaban J connectivity index is 1.49. The predicted octanol–water partition coefficient (Wildman–Crippen LogP) is 5.44. The highest BCUT2D eigenvalue weighted by Gasteiger charge is 2.30. The lowest BCUT2D eigenvalue weighted by Gasteiger charge is -2.10. The number of anilines is 1. The Hall–Kier alpha value is -3.94. The molecule has 0 radical (unpaired) electrons. The zero-order chi connectivity index (χ0) is 23.8. The average molecular weight is 453 g/mol. The van der Waals surface area contributed by atoms with Gasteiger partial charge in [-0.25, -0.2) is 5.43 Å². The second-order valence-electron chi connectivity index (χ2n) is 7.43. The van der Waals surface area contributed by atoms with E-state index < -0.39 is 17.6 Å². The number of alkyl halides is 3. The molecule has 170 valence electrons. The first-order valence-corrected chi connectivity index (χ1v) is 10.1. The Morgan fingerprint density at radius 3 is 2.18 bits per heavy atom. The van der Waals surface area contributed by atoms with Crippen LogP contribution in [-0.4, -0.2) is 17.5 Å². The highest BCUT2D eigenvalue weighted by atomic mass is 19.4. The fourth-order valence-corrected chi connectivity index (χ4v) is 3.08. The lowest BCUT2D eigenvalue weighted by molar-refractivity contribution is -0.137. The quantitative estimate of drug-likeness (QED) is 0.370. The number of rotatable bonds is 7. The van der Waals surface area contributed by atoms with E-state index in [4.69, 9.17) is 0 Å². The molecule has 0 heterocycles. The summed E-state index contributed by atoms with van der Waals surface area (Å²) in [6, 6.07) is 21.8. The molecule has 0 aliphatic carbocycles. The molecule has 0 aliphatic heterocycles. The molecule has 0 aromatic heterocycles. The molecule has 2 amide bonds. The van der Waals surface area contributed by atoms with Gasteiger partial charge in [0.1, 0.15) is 0 Å². The predicted molar refractivity (Wildman–Crippen MR) is 122 cm³/mol. The minimum atomic E-state index is -4.50. The van der Waals surface area contributed by atoms with E-state index >= 15 is 0 Å². The molecule has 0 aliphatic rings. The average Bonchev–Trinajstić information content (AvgIpc) is 2.78. The van der Waals surface area contributed by atoms with Crippen molar-refractivity contribution >= 4 is 23.2 Å². The first kappa shape index (κ1) is 23.7. The van der Waals surface area contributed by atoms with Gasteiger partial charge in [-0.3, -0.25) is 9.59 Å². The van der Waals surface area contributed by atoms with Crippen LogP contribution in [0, 0.1) is 0 Å². The Kier molecular flexibility index (Phi) is 7.61. The van der Waals surface area contributed by atoms with E-state index in [-0.39, 0.29) is 24.4 Å². The Bertz CT molecular complexity index is 1140. The molecule has 3 aromatic rings. The van der Waals surface area contributed by atoms with E-state index in [2.05, 4.69) is 15.8 Å². The summed E-state index contributed by atoms with van der Waals surface area (Å²) in [5.41, 5.74) is 4.82. The van der Waals surface area contributed by atoms with Crippen molar-refractivity contribution in [1.29, 1.82) is 0 Å². The molecule has 0 bridgehead atoms. The monoisotopic (exact) mass is 453 g/mol. The van der Waals surface area contributed by atoms with Gasteiger partial charge in [0.15, 0.2) is 0 Å². The van der Waals surface area contributed by atoms with Crippen molar-refractivity contribution in [3.8, 4) is 11.1 Å². The van der Waals surface area contributed by atoms with Gasteiger partial charge in [0, 0.05) is 11.4 Å². The fourth-order valence-electron chi connectivity index (χ4n) is 3.08. The molecule has 0 fully saturated rings. The van der Waals surface area contributed by atoms with E-state index in [1.807, 2.05) is 54.6 Å². The molecular formula is C25H22F3N3O2. The molecule has 33 heavy (non-hydrogen) atoms. The number of hydrogen-bond acceptors (Lipinski definition) is 3. The fraction of sp³-hybridized carbons (Fsp3) is 0.160. The molecule has 0 saturated heterocycles. The lowest BCUT2D eigenvalue weighted by atomic mass is 10.0. The summed E-state index contributed by atoms with van der Waals surface area (Å²) in [4.78, 5) is 24.2. The number of hydrogen-bond donors (Lipinski definition) is 2. The van der Waals surface area contributed by atoms with Crippen LogP contribution in [-0.2, 0) is 22.2 Å². The van der Waals surface area contributed by atoms with E-state index in [0.29, 0.717) is 5.71 Å². The number of nitrogens with zero attached hydrogens (tertiary/aromatic N) is 1. The number of halogens is 3. The number of amides is 2. The van der Waals surface area contributed by atoms with Gasteiger partial charge in [-0.15, -0.1) is 0 Å². The summed E-state index contributed by atoms with van der Waals surface area (Å²) < 4.78 is 38.3. The molecule has 2 N–H and O–H groups in total. The molecule has 3 rings (SSSR count). The second-order valence-corrected chi connectivity index (χ2v) is 7.43. The van der Waals surface area contributed by atoms with Crippen molar-refractivity contribution in [2.45, 2.75) is 25.9 Å². The number of carbonyl (C=O) groups excluding carboxylic acids is 2. The van der Waals surface area contributed by atoms with Gasteiger partial charge in [-0.05, 0) is 41.8 Å². The SMILES string of the molecule is C/C(CC(=O)Nc1cccc(C(F)(F)F)c1)=N/NC(=O)Cc1ccc(-c2ccccc2)cc1. The van der Waals surface area contributed by atoms with Crippen LogP contribution in [0.5, 0.6) is 0 Å². The van der Waals surface area contributed by atoms with Crippen LogP contribution >= 0.6 is 0 Å². The zero-order valence-electron chi connectivity index (χ0n) is 17.8. The maximum atomic E-state index is 12.8. The first-order chi connectivity index (χ1) is 15.7. The van der Waals surface area contributed by atoms with Gasteiger partial charge >= 0.3 is 6.18 Å². The highest BCUT2D eigenvalue weighted by molar-refractivity contribution is 6.05. The minimum absolute atomic E-state index is 0.0330. The van der Waals surface area contributed by atoms with Crippen molar-refractivity contribution < 1.29 is 22.8 Å². The number of hydrazone groups is 1. The van der Waals surface area contributed by atoms with Crippen LogP contribution in [0.3, 0.4) is 0 Å². The Labute approximate surface area is 189 Å². The molecule has 0 atom stereocenters. The second kappa shape index (κ2) is 10.6. The van der Waals surface area contributed by atoms with Gasteiger partial charge in [0.25, 0.3) is 0 Å². The third kappa shape index (κ3) is 7.31. The zero-order valence-corrected chi connectivity index (χ0v) is 17.8. The van der Waals surface area contributed by atoms with Crippen LogP contribution < -0.4 is 10.7 Å². The van der Waals surface area contributed by atoms with Gasteiger partial charge in [-0.1, -0.05) is 60.7 Å². The largest absolute Gasteiger partial charge is 0.416 e. The van der Waals surface area contributed by atoms with Crippen molar-refractivity contribution in [3.63, 3.8) is 0 Å². The number of carbonyl (C=O) groups is 2. The van der Waals surface area contributed by atoms with Gasteiger partial charge in [-0.2, -0.15) is 18.3 Å². The van der Waals surface area contributed by atoms with Gasteiger partial charge < -0.3 is 5.32 Å². The van der Waals surface area contributed by atoms with Crippen molar-refractivity contribution in [1.82, 2.24) is 5.43 Å². The molecule has 5 nitrogen and oxygen atoms in total. The van der Waals surface area contributed by atoms with Crippen molar-refractivity contribution in [3.05, 3.63) is 90.0 Å². The molecule has 8 heteroatoms. The maximum Gasteiger partial charge on any atom is 0.416 e. The van der Waals surface area contributed by atoms with E-state index in [9.17, 15) is 22.8 Å². The Morgan fingerprint density at radius 1 is 0.848 bits per heavy atom. The van der Waals surface area contributed by atoms with Gasteiger partial charge in [0.2, 0.25) is 11.8 Å². The summed E-state index contributed by atoms with van der Waals surface area (Å²) in [6.07, 6.45) is -4.56. The summed E-state index contributed by atoms with van der Waals surface area (Å²) in [5, 5.41) is 6.30. The van der Waals surface area contributed by atoms with Crippen LogP contribution in [0.1, 0.15) is 24.5 Å². The molecule has 0 spiro atoms. The van der Waals surface area contributed by atoms with Crippen LogP contribution in [0.2, 0.25) is 0 Å².